The van der Waals surface area contributed by atoms with E-state index in [1.54, 1.807) is 36.5 Å². The zero-order valence-electron chi connectivity index (χ0n) is 18.8. The van der Waals surface area contributed by atoms with Crippen molar-refractivity contribution < 1.29 is 9.47 Å². The van der Waals surface area contributed by atoms with Crippen LogP contribution in [-0.2, 0) is 25.9 Å². The molecule has 6 nitrogen and oxygen atoms in total. The molecule has 2 aromatic carbocycles. The van der Waals surface area contributed by atoms with E-state index < -0.39 is 0 Å². The SMILES string of the molecule is COc1cccc(Cn2cnc3sc4c(c3c2=O)CCC(NCc2ccccc2OC)C4)c1. The van der Waals surface area contributed by atoms with E-state index in [0.717, 1.165) is 58.6 Å². The van der Waals surface area contributed by atoms with Crippen molar-refractivity contribution in [3.63, 3.8) is 0 Å². The summed E-state index contributed by atoms with van der Waals surface area (Å²) in [6.45, 7) is 1.24. The maximum atomic E-state index is 13.4. The van der Waals surface area contributed by atoms with Gasteiger partial charge < -0.3 is 14.8 Å². The maximum absolute atomic E-state index is 13.4. The molecular formula is C26H27N3O3S. The van der Waals surface area contributed by atoms with Crippen LogP contribution in [-0.4, -0.2) is 29.8 Å². The number of ether oxygens (including phenoxy) is 2. The summed E-state index contributed by atoms with van der Waals surface area (Å²) in [6.07, 6.45) is 4.47. The molecule has 0 saturated carbocycles. The first kappa shape index (κ1) is 21.7. The molecule has 2 heterocycles. The van der Waals surface area contributed by atoms with E-state index in [1.807, 2.05) is 42.5 Å². The van der Waals surface area contributed by atoms with Gasteiger partial charge in [0.2, 0.25) is 0 Å². The molecule has 0 fully saturated rings. The molecule has 1 aliphatic carbocycles. The Morgan fingerprint density at radius 1 is 1.15 bits per heavy atom. The lowest BCUT2D eigenvalue weighted by Gasteiger charge is -2.24. The lowest BCUT2D eigenvalue weighted by atomic mass is 9.93. The Kier molecular flexibility index (Phi) is 6.15. The van der Waals surface area contributed by atoms with E-state index in [4.69, 9.17) is 9.47 Å². The second-order valence-electron chi connectivity index (χ2n) is 8.35. The lowest BCUT2D eigenvalue weighted by molar-refractivity contribution is 0.401. The number of thiophene rings is 1. The van der Waals surface area contributed by atoms with Crippen LogP contribution in [0, 0.1) is 0 Å². The van der Waals surface area contributed by atoms with E-state index in [9.17, 15) is 4.79 Å². The van der Waals surface area contributed by atoms with Gasteiger partial charge in [0.1, 0.15) is 16.3 Å². The van der Waals surface area contributed by atoms with E-state index in [1.165, 1.54) is 10.4 Å². The van der Waals surface area contributed by atoms with Crippen molar-refractivity contribution in [1.29, 1.82) is 0 Å². The highest BCUT2D eigenvalue weighted by atomic mass is 32.1. The molecule has 0 saturated heterocycles. The highest BCUT2D eigenvalue weighted by molar-refractivity contribution is 7.18. The van der Waals surface area contributed by atoms with Crippen molar-refractivity contribution in [2.24, 2.45) is 0 Å². The Hall–Kier alpha value is -3.16. The number of methoxy groups -OCH3 is 2. The number of nitrogens with zero attached hydrogens (tertiary/aromatic N) is 2. The van der Waals surface area contributed by atoms with Crippen molar-refractivity contribution in [1.82, 2.24) is 14.9 Å². The van der Waals surface area contributed by atoms with E-state index in [-0.39, 0.29) is 5.56 Å². The van der Waals surface area contributed by atoms with Gasteiger partial charge in [0.25, 0.3) is 5.56 Å². The summed E-state index contributed by atoms with van der Waals surface area (Å²) in [4.78, 5) is 20.1. The van der Waals surface area contributed by atoms with Crippen LogP contribution in [0.4, 0.5) is 0 Å². The molecule has 33 heavy (non-hydrogen) atoms. The van der Waals surface area contributed by atoms with Crippen LogP contribution in [0.1, 0.15) is 28.0 Å². The lowest BCUT2D eigenvalue weighted by Crippen LogP contribution is -2.34. The Bertz CT molecular complexity index is 1340. The summed E-state index contributed by atoms with van der Waals surface area (Å²) >= 11 is 1.66. The van der Waals surface area contributed by atoms with Gasteiger partial charge in [-0.25, -0.2) is 4.98 Å². The maximum Gasteiger partial charge on any atom is 0.262 e. The largest absolute Gasteiger partial charge is 0.497 e. The smallest absolute Gasteiger partial charge is 0.262 e. The predicted octanol–water partition coefficient (Wildman–Crippen LogP) is 4.17. The van der Waals surface area contributed by atoms with E-state index >= 15 is 0 Å². The molecule has 4 aromatic rings. The molecule has 0 spiro atoms. The van der Waals surface area contributed by atoms with Crippen LogP contribution in [0.15, 0.2) is 59.7 Å². The number of benzene rings is 2. The van der Waals surface area contributed by atoms with Gasteiger partial charge in [0.15, 0.2) is 0 Å². The first-order valence-corrected chi connectivity index (χ1v) is 12.0. The molecule has 0 bridgehead atoms. The highest BCUT2D eigenvalue weighted by Gasteiger charge is 2.25. The van der Waals surface area contributed by atoms with Crippen LogP contribution in [0.3, 0.4) is 0 Å². The summed E-state index contributed by atoms with van der Waals surface area (Å²) in [5.41, 5.74) is 3.40. The third-order valence-electron chi connectivity index (χ3n) is 6.30. The highest BCUT2D eigenvalue weighted by Crippen LogP contribution is 2.34. The summed E-state index contributed by atoms with van der Waals surface area (Å²) < 4.78 is 12.5. The van der Waals surface area contributed by atoms with Crippen LogP contribution in [0.5, 0.6) is 11.5 Å². The fourth-order valence-corrected chi connectivity index (χ4v) is 5.82. The summed E-state index contributed by atoms with van der Waals surface area (Å²) in [6, 6.07) is 16.3. The van der Waals surface area contributed by atoms with Crippen LogP contribution < -0.4 is 20.3 Å². The van der Waals surface area contributed by atoms with Crippen molar-refractivity contribution in [2.75, 3.05) is 14.2 Å². The average Bonchev–Trinajstić information content (AvgIpc) is 3.23. The van der Waals surface area contributed by atoms with Crippen LogP contribution in [0.25, 0.3) is 10.2 Å². The van der Waals surface area contributed by atoms with Gasteiger partial charge in [-0.15, -0.1) is 11.3 Å². The molecular weight excluding hydrogens is 434 g/mol. The Morgan fingerprint density at radius 3 is 2.88 bits per heavy atom. The molecule has 1 unspecified atom stereocenters. The zero-order chi connectivity index (χ0) is 22.8. The van der Waals surface area contributed by atoms with E-state index in [0.29, 0.717) is 12.6 Å². The monoisotopic (exact) mass is 461 g/mol. The number of nitrogens with one attached hydrogen (secondary N) is 1. The molecule has 7 heteroatoms. The summed E-state index contributed by atoms with van der Waals surface area (Å²) in [5, 5.41) is 4.47. The van der Waals surface area contributed by atoms with Crippen LogP contribution >= 0.6 is 11.3 Å². The fourth-order valence-electron chi connectivity index (χ4n) is 4.56. The molecule has 5 rings (SSSR count). The van der Waals surface area contributed by atoms with Gasteiger partial charge in [-0.05, 0) is 48.6 Å². The second kappa shape index (κ2) is 9.37. The molecule has 1 N–H and O–H groups in total. The minimum Gasteiger partial charge on any atom is -0.497 e. The number of hydrogen-bond donors (Lipinski definition) is 1. The summed E-state index contributed by atoms with van der Waals surface area (Å²) in [5.74, 6) is 1.69. The molecule has 0 amide bonds. The third-order valence-corrected chi connectivity index (χ3v) is 7.46. The predicted molar refractivity (Wildman–Crippen MR) is 132 cm³/mol. The normalized spacial score (nSPS) is 15.4. The summed E-state index contributed by atoms with van der Waals surface area (Å²) in [7, 11) is 3.35. The number of aromatic nitrogens is 2. The van der Waals surface area contributed by atoms with Crippen molar-refractivity contribution in [3.8, 4) is 11.5 Å². The van der Waals surface area contributed by atoms with Crippen molar-refractivity contribution in [3.05, 3.63) is 86.8 Å². The second-order valence-corrected chi connectivity index (χ2v) is 9.43. The molecule has 1 atom stereocenters. The molecule has 1 aliphatic rings. The Labute approximate surface area is 196 Å². The molecule has 0 aliphatic heterocycles. The minimum absolute atomic E-state index is 0.0424. The van der Waals surface area contributed by atoms with Gasteiger partial charge in [0.05, 0.1) is 32.5 Å². The Balaban J connectivity index is 1.35. The topological polar surface area (TPSA) is 65.4 Å². The average molecular weight is 462 g/mol. The van der Waals surface area contributed by atoms with Gasteiger partial charge in [0, 0.05) is 23.0 Å². The number of para-hydroxylation sites is 1. The van der Waals surface area contributed by atoms with Crippen molar-refractivity contribution in [2.45, 2.75) is 38.4 Å². The standard InChI is InChI=1S/C26H27N3O3S/c1-31-20-8-5-6-17(12-20)15-29-16-28-25-24(26(29)30)21-11-10-19(13-23(21)33-25)27-14-18-7-3-4-9-22(18)32-2/h3-9,12,16,19,27H,10-11,13-15H2,1-2H3. The third kappa shape index (κ3) is 4.38. The van der Waals surface area contributed by atoms with Crippen molar-refractivity contribution >= 4 is 21.6 Å². The zero-order valence-corrected chi connectivity index (χ0v) is 19.7. The first-order chi connectivity index (χ1) is 16.2. The first-order valence-electron chi connectivity index (χ1n) is 11.1. The molecule has 170 valence electrons. The number of fused-ring (bicyclic) bond motifs is 3. The quantitative estimate of drug-likeness (QED) is 0.448. The minimum atomic E-state index is 0.0424. The van der Waals surface area contributed by atoms with Gasteiger partial charge in [-0.1, -0.05) is 30.3 Å². The van der Waals surface area contributed by atoms with Crippen LogP contribution in [0.2, 0.25) is 0 Å². The van der Waals surface area contributed by atoms with E-state index in [2.05, 4.69) is 16.4 Å². The number of rotatable bonds is 7. The van der Waals surface area contributed by atoms with Gasteiger partial charge >= 0.3 is 0 Å². The molecule has 2 aromatic heterocycles. The molecule has 0 radical (unpaired) electrons. The van der Waals surface area contributed by atoms with Gasteiger partial charge in [-0.2, -0.15) is 0 Å². The number of aryl methyl sites for hydroxylation is 1. The Morgan fingerprint density at radius 2 is 2.03 bits per heavy atom. The number of hydrogen-bond acceptors (Lipinski definition) is 6. The fraction of sp³-hybridized carbons (Fsp3) is 0.308. The van der Waals surface area contributed by atoms with Gasteiger partial charge in [-0.3, -0.25) is 9.36 Å².